The second-order valence-electron chi connectivity index (χ2n) is 8.95. The second kappa shape index (κ2) is 14.2. The largest absolute Gasteiger partial charge is 0.503 e. The number of carbonyl (C=O) groups excluding carboxylic acids is 2. The first-order valence-corrected chi connectivity index (χ1v) is 12.1. The number of aromatic hydroxyl groups is 1. The number of nitrogens with one attached hydrogen (secondary N) is 1. The third-order valence-corrected chi connectivity index (χ3v) is 5.82. The van der Waals surface area contributed by atoms with Crippen molar-refractivity contribution >= 4 is 11.9 Å². The molecule has 0 saturated carbocycles. The van der Waals surface area contributed by atoms with Crippen LogP contribution in [0.4, 0.5) is 0 Å². The Bertz CT molecular complexity index is 901. The van der Waals surface area contributed by atoms with E-state index in [1.54, 1.807) is 6.92 Å². The Morgan fingerprint density at radius 3 is 2.44 bits per heavy atom. The van der Waals surface area contributed by atoms with Gasteiger partial charge in [0.2, 0.25) is 0 Å². The summed E-state index contributed by atoms with van der Waals surface area (Å²) in [6, 6.07) is 11.1. The van der Waals surface area contributed by atoms with Gasteiger partial charge in [0.1, 0.15) is 6.04 Å². The van der Waals surface area contributed by atoms with Gasteiger partial charge in [0.05, 0.1) is 13.7 Å². The molecule has 186 valence electrons. The molecule has 2 unspecified atom stereocenters. The average molecular weight is 471 g/mol. The van der Waals surface area contributed by atoms with Crippen molar-refractivity contribution in [2.45, 2.75) is 65.3 Å². The number of ether oxygens (including phenoxy) is 2. The lowest BCUT2D eigenvalue weighted by Gasteiger charge is -2.21. The topological polar surface area (TPSA) is 97.8 Å². The molecule has 2 rings (SSSR count). The predicted molar refractivity (Wildman–Crippen MR) is 132 cm³/mol. The number of esters is 1. The molecule has 1 heterocycles. The molecule has 0 aliphatic heterocycles. The highest BCUT2D eigenvalue weighted by Gasteiger charge is 2.26. The lowest BCUT2D eigenvalue weighted by Crippen LogP contribution is -2.42. The van der Waals surface area contributed by atoms with Crippen LogP contribution >= 0.6 is 0 Å². The van der Waals surface area contributed by atoms with Crippen LogP contribution in [-0.4, -0.2) is 41.7 Å². The summed E-state index contributed by atoms with van der Waals surface area (Å²) in [5.74, 6) is -0.223. The number of benzene rings is 1. The summed E-state index contributed by atoms with van der Waals surface area (Å²) in [4.78, 5) is 29.3. The van der Waals surface area contributed by atoms with E-state index in [4.69, 9.17) is 9.47 Å². The van der Waals surface area contributed by atoms with Crippen LogP contribution in [0.2, 0.25) is 0 Å². The summed E-state index contributed by atoms with van der Waals surface area (Å²) >= 11 is 0. The maximum absolute atomic E-state index is 12.8. The second-order valence-corrected chi connectivity index (χ2v) is 8.95. The van der Waals surface area contributed by atoms with Crippen molar-refractivity contribution in [3.8, 4) is 11.5 Å². The first kappa shape index (κ1) is 27.2. The van der Waals surface area contributed by atoms with Crippen LogP contribution < -0.4 is 10.1 Å². The molecule has 1 aromatic heterocycles. The van der Waals surface area contributed by atoms with E-state index in [1.165, 1.54) is 24.9 Å². The summed E-state index contributed by atoms with van der Waals surface area (Å²) < 4.78 is 10.2. The summed E-state index contributed by atoms with van der Waals surface area (Å²) in [7, 11) is 1.39. The monoisotopic (exact) mass is 470 g/mol. The standard InChI is InChI=1S/C27H38N2O5/c1-5-34-27(32)22(29-26(31)24-25(30)23(33-4)16-17-28-24)13-9-12-21(15-14-19(2)3)18-20-10-7-6-8-11-20/h6-8,10-11,16-17,19,21-22,30H,5,9,12-15,18H2,1-4H3,(H,29,31). The number of amides is 1. The van der Waals surface area contributed by atoms with Crippen molar-refractivity contribution < 1.29 is 24.2 Å². The molecule has 34 heavy (non-hydrogen) atoms. The van der Waals surface area contributed by atoms with E-state index in [0.29, 0.717) is 18.3 Å². The number of hydrogen-bond acceptors (Lipinski definition) is 6. The minimum absolute atomic E-state index is 0.141. The van der Waals surface area contributed by atoms with Crippen LogP contribution in [0.15, 0.2) is 42.6 Å². The van der Waals surface area contributed by atoms with Crippen molar-refractivity contribution in [3.63, 3.8) is 0 Å². The number of pyridine rings is 1. The van der Waals surface area contributed by atoms with E-state index < -0.39 is 17.9 Å². The number of methoxy groups -OCH3 is 1. The first-order chi connectivity index (χ1) is 16.3. The third kappa shape index (κ3) is 8.69. The van der Waals surface area contributed by atoms with Crippen molar-refractivity contribution in [1.29, 1.82) is 0 Å². The van der Waals surface area contributed by atoms with Crippen molar-refractivity contribution in [2.75, 3.05) is 13.7 Å². The molecule has 7 heteroatoms. The molecule has 2 N–H and O–H groups in total. The number of nitrogens with zero attached hydrogens (tertiary/aromatic N) is 1. The molecule has 0 radical (unpaired) electrons. The molecule has 0 spiro atoms. The molecule has 1 aromatic carbocycles. The maximum atomic E-state index is 12.8. The van der Waals surface area contributed by atoms with Crippen LogP contribution in [0.25, 0.3) is 0 Å². The summed E-state index contributed by atoms with van der Waals surface area (Å²) in [6.45, 7) is 6.41. The van der Waals surface area contributed by atoms with E-state index in [-0.39, 0.29) is 23.8 Å². The van der Waals surface area contributed by atoms with E-state index in [9.17, 15) is 14.7 Å². The number of hydrogen-bond donors (Lipinski definition) is 2. The van der Waals surface area contributed by atoms with Gasteiger partial charge in [0.15, 0.2) is 17.2 Å². The molecule has 2 atom stereocenters. The van der Waals surface area contributed by atoms with Gasteiger partial charge in [-0.1, -0.05) is 63.4 Å². The highest BCUT2D eigenvalue weighted by molar-refractivity contribution is 5.97. The van der Waals surface area contributed by atoms with Crippen LogP contribution in [0.5, 0.6) is 11.5 Å². The Balaban J connectivity index is 2.04. The van der Waals surface area contributed by atoms with Gasteiger partial charge < -0.3 is 19.9 Å². The Hall–Kier alpha value is -3.09. The van der Waals surface area contributed by atoms with Gasteiger partial charge in [-0.25, -0.2) is 9.78 Å². The zero-order chi connectivity index (χ0) is 24.9. The fourth-order valence-electron chi connectivity index (χ4n) is 3.96. The number of rotatable bonds is 14. The van der Waals surface area contributed by atoms with E-state index >= 15 is 0 Å². The van der Waals surface area contributed by atoms with Gasteiger partial charge >= 0.3 is 5.97 Å². The molecular formula is C27H38N2O5. The highest BCUT2D eigenvalue weighted by Crippen LogP contribution is 2.28. The number of aromatic nitrogens is 1. The normalized spacial score (nSPS) is 12.7. The Morgan fingerprint density at radius 2 is 1.79 bits per heavy atom. The molecule has 1 amide bonds. The molecule has 0 bridgehead atoms. The molecule has 2 aromatic rings. The molecule has 7 nitrogen and oxygen atoms in total. The quantitative estimate of drug-likeness (QED) is 0.380. The highest BCUT2D eigenvalue weighted by atomic mass is 16.5. The maximum Gasteiger partial charge on any atom is 0.328 e. The first-order valence-electron chi connectivity index (χ1n) is 12.1. The molecule has 0 saturated heterocycles. The molecule has 0 fully saturated rings. The SMILES string of the molecule is CCOC(=O)C(CCCC(CCC(C)C)Cc1ccccc1)NC(=O)c1nccc(OC)c1O. The Kier molecular flexibility index (Phi) is 11.4. The van der Waals surface area contributed by atoms with Crippen LogP contribution in [0, 0.1) is 11.8 Å². The van der Waals surface area contributed by atoms with Gasteiger partial charge in [-0.3, -0.25) is 4.79 Å². The Labute approximate surface area is 202 Å². The van der Waals surface area contributed by atoms with Gasteiger partial charge in [0.25, 0.3) is 5.91 Å². The fourth-order valence-corrected chi connectivity index (χ4v) is 3.96. The van der Waals surface area contributed by atoms with E-state index in [0.717, 1.165) is 32.1 Å². The van der Waals surface area contributed by atoms with Gasteiger partial charge in [-0.05, 0) is 43.6 Å². The average Bonchev–Trinajstić information content (AvgIpc) is 2.82. The van der Waals surface area contributed by atoms with Gasteiger partial charge in [-0.2, -0.15) is 0 Å². The van der Waals surface area contributed by atoms with Crippen molar-refractivity contribution in [2.24, 2.45) is 11.8 Å². The van der Waals surface area contributed by atoms with Crippen LogP contribution in [0.1, 0.15) is 68.9 Å². The zero-order valence-corrected chi connectivity index (χ0v) is 20.8. The minimum atomic E-state index is -0.817. The minimum Gasteiger partial charge on any atom is -0.503 e. The predicted octanol–water partition coefficient (Wildman–Crippen LogP) is 4.92. The summed E-state index contributed by atoms with van der Waals surface area (Å²) in [6.07, 6.45) is 6.78. The van der Waals surface area contributed by atoms with Gasteiger partial charge in [0, 0.05) is 12.3 Å². The zero-order valence-electron chi connectivity index (χ0n) is 20.8. The Morgan fingerprint density at radius 1 is 1.06 bits per heavy atom. The lowest BCUT2D eigenvalue weighted by atomic mass is 9.87. The van der Waals surface area contributed by atoms with E-state index in [2.05, 4.69) is 48.4 Å². The van der Waals surface area contributed by atoms with E-state index in [1.807, 2.05) is 6.07 Å². The smallest absolute Gasteiger partial charge is 0.328 e. The van der Waals surface area contributed by atoms with Crippen LogP contribution in [0.3, 0.4) is 0 Å². The van der Waals surface area contributed by atoms with Gasteiger partial charge in [-0.15, -0.1) is 0 Å². The lowest BCUT2D eigenvalue weighted by molar-refractivity contribution is -0.145. The van der Waals surface area contributed by atoms with Crippen molar-refractivity contribution in [3.05, 3.63) is 53.9 Å². The van der Waals surface area contributed by atoms with Crippen LogP contribution in [-0.2, 0) is 16.0 Å². The molecular weight excluding hydrogens is 432 g/mol. The molecule has 0 aliphatic carbocycles. The van der Waals surface area contributed by atoms with Crippen molar-refractivity contribution in [1.82, 2.24) is 10.3 Å². The third-order valence-electron chi connectivity index (χ3n) is 5.82. The number of carbonyl (C=O) groups is 2. The summed E-state index contributed by atoms with van der Waals surface area (Å²) in [5.41, 5.74) is 1.12. The fraction of sp³-hybridized carbons (Fsp3) is 0.519. The molecule has 0 aliphatic rings. The summed E-state index contributed by atoms with van der Waals surface area (Å²) in [5, 5.41) is 12.9.